The van der Waals surface area contributed by atoms with Crippen LogP contribution in [0.25, 0.3) is 0 Å². The van der Waals surface area contributed by atoms with Crippen LogP contribution in [0.1, 0.15) is 34.7 Å². The predicted molar refractivity (Wildman–Crippen MR) is 94.7 cm³/mol. The molecular weight excluding hydrogens is 334 g/mol. The lowest BCUT2D eigenvalue weighted by molar-refractivity contribution is -0.118. The van der Waals surface area contributed by atoms with Crippen LogP contribution in [0.15, 0.2) is 61.1 Å². The number of Topliss-reactive ketones (excluding diaryl/α,β-unsaturated/α-hetero) is 1. The second kappa shape index (κ2) is 7.95. The van der Waals surface area contributed by atoms with Crippen molar-refractivity contribution in [3.63, 3.8) is 0 Å². The number of hydrogen-bond donors (Lipinski definition) is 0. The van der Waals surface area contributed by atoms with Gasteiger partial charge in [-0.2, -0.15) is 0 Å². The van der Waals surface area contributed by atoms with Gasteiger partial charge in [-0.25, -0.2) is 8.78 Å². The van der Waals surface area contributed by atoms with Gasteiger partial charge in [0.15, 0.2) is 0 Å². The maximum Gasteiger partial charge on any atom is 0.145 e. The maximum atomic E-state index is 14.3. The first kappa shape index (κ1) is 17.9. The number of carbonyl (C=O) groups is 1. The number of halogens is 2. The third kappa shape index (κ3) is 4.17. The van der Waals surface area contributed by atoms with Crippen LogP contribution in [0, 0.1) is 18.6 Å². The second-order valence-electron chi connectivity index (χ2n) is 6.21. The molecule has 3 nitrogen and oxygen atoms in total. The number of hydrogen-bond acceptors (Lipinski definition) is 3. The van der Waals surface area contributed by atoms with Crippen molar-refractivity contribution in [3.05, 3.63) is 95.1 Å². The van der Waals surface area contributed by atoms with Crippen LogP contribution < -0.4 is 0 Å². The highest BCUT2D eigenvalue weighted by molar-refractivity contribution is 5.82. The molecule has 0 aliphatic carbocycles. The molecule has 0 bridgehead atoms. The Morgan fingerprint density at radius 2 is 1.88 bits per heavy atom. The summed E-state index contributed by atoms with van der Waals surface area (Å²) in [5, 5.41) is 0. The zero-order valence-electron chi connectivity index (χ0n) is 14.3. The Hall–Kier alpha value is -2.95. The molecule has 26 heavy (non-hydrogen) atoms. The van der Waals surface area contributed by atoms with Crippen molar-refractivity contribution in [2.45, 2.75) is 25.7 Å². The van der Waals surface area contributed by atoms with Gasteiger partial charge in [-0.15, -0.1) is 0 Å². The summed E-state index contributed by atoms with van der Waals surface area (Å²) in [4.78, 5) is 20.7. The Morgan fingerprint density at radius 3 is 2.58 bits per heavy atom. The predicted octanol–water partition coefficient (Wildman–Crippen LogP) is 4.40. The van der Waals surface area contributed by atoms with E-state index in [-0.39, 0.29) is 30.1 Å². The van der Waals surface area contributed by atoms with Crippen molar-refractivity contribution in [1.29, 1.82) is 0 Å². The normalized spacial score (nSPS) is 12.0. The van der Waals surface area contributed by atoms with E-state index in [1.807, 2.05) is 6.07 Å². The first-order valence-corrected chi connectivity index (χ1v) is 8.31. The molecular formula is C21H18F2N2O. The van der Waals surface area contributed by atoms with Crippen molar-refractivity contribution in [2.24, 2.45) is 0 Å². The molecule has 1 unspecified atom stereocenters. The molecule has 0 N–H and O–H groups in total. The van der Waals surface area contributed by atoms with Crippen LogP contribution in [-0.4, -0.2) is 15.8 Å². The average molecular weight is 352 g/mol. The summed E-state index contributed by atoms with van der Waals surface area (Å²) in [6, 6.07) is 11.0. The minimum atomic E-state index is -0.570. The smallest absolute Gasteiger partial charge is 0.145 e. The number of carbonyl (C=O) groups excluding carboxylic acids is 1. The standard InChI is InChI=1S/C21H18F2N2O/c1-14-10-16(6-7-19(14)22)18(21-20(23)5-3-9-25-21)12-17(26)11-15-4-2-8-24-13-15/h2-10,13,18H,11-12H2,1H3. The molecule has 5 heteroatoms. The summed E-state index contributed by atoms with van der Waals surface area (Å²) in [5.74, 6) is -1.45. The zero-order valence-corrected chi connectivity index (χ0v) is 14.3. The van der Waals surface area contributed by atoms with E-state index < -0.39 is 11.7 Å². The van der Waals surface area contributed by atoms with Crippen molar-refractivity contribution in [1.82, 2.24) is 9.97 Å². The highest BCUT2D eigenvalue weighted by Crippen LogP contribution is 2.30. The van der Waals surface area contributed by atoms with E-state index in [1.165, 1.54) is 24.4 Å². The van der Waals surface area contributed by atoms with Gasteiger partial charge in [0.05, 0.1) is 5.69 Å². The lowest BCUT2D eigenvalue weighted by atomic mass is 9.88. The Kier molecular flexibility index (Phi) is 5.46. The Labute approximate surface area is 150 Å². The van der Waals surface area contributed by atoms with E-state index >= 15 is 0 Å². The molecule has 1 aromatic carbocycles. The summed E-state index contributed by atoms with van der Waals surface area (Å²) in [5.41, 5.74) is 2.11. The maximum absolute atomic E-state index is 14.3. The quantitative estimate of drug-likeness (QED) is 0.660. The van der Waals surface area contributed by atoms with E-state index in [0.717, 1.165) is 5.56 Å². The van der Waals surface area contributed by atoms with Crippen molar-refractivity contribution >= 4 is 5.78 Å². The molecule has 0 fully saturated rings. The molecule has 0 aliphatic heterocycles. The van der Waals surface area contributed by atoms with E-state index in [4.69, 9.17) is 0 Å². The number of rotatable bonds is 6. The molecule has 0 spiro atoms. The largest absolute Gasteiger partial charge is 0.299 e. The fourth-order valence-electron chi connectivity index (χ4n) is 2.94. The van der Waals surface area contributed by atoms with Crippen LogP contribution in [0.3, 0.4) is 0 Å². The average Bonchev–Trinajstić information content (AvgIpc) is 2.64. The number of aryl methyl sites for hydroxylation is 1. The molecule has 0 saturated heterocycles. The number of aromatic nitrogens is 2. The number of nitrogens with zero attached hydrogens (tertiary/aromatic N) is 2. The third-order valence-electron chi connectivity index (χ3n) is 4.26. The monoisotopic (exact) mass is 352 g/mol. The fourth-order valence-corrected chi connectivity index (χ4v) is 2.94. The third-order valence-corrected chi connectivity index (χ3v) is 4.26. The van der Waals surface area contributed by atoms with Gasteiger partial charge < -0.3 is 0 Å². The van der Waals surface area contributed by atoms with Gasteiger partial charge in [-0.1, -0.05) is 18.2 Å². The molecule has 2 heterocycles. The summed E-state index contributed by atoms with van der Waals surface area (Å²) < 4.78 is 28.0. The Morgan fingerprint density at radius 1 is 1.08 bits per heavy atom. The fraction of sp³-hybridized carbons (Fsp3) is 0.190. The molecule has 0 aliphatic rings. The van der Waals surface area contributed by atoms with Crippen molar-refractivity contribution in [3.8, 4) is 0 Å². The molecule has 1 atom stereocenters. The first-order valence-electron chi connectivity index (χ1n) is 8.31. The number of benzene rings is 1. The molecule has 132 valence electrons. The molecule has 2 aromatic heterocycles. The van der Waals surface area contributed by atoms with Gasteiger partial charge in [-0.3, -0.25) is 14.8 Å². The van der Waals surface area contributed by atoms with Gasteiger partial charge in [0.1, 0.15) is 17.4 Å². The van der Waals surface area contributed by atoms with E-state index in [2.05, 4.69) is 9.97 Å². The minimum absolute atomic E-state index is 0.0602. The summed E-state index contributed by atoms with van der Waals surface area (Å²) in [7, 11) is 0. The van der Waals surface area contributed by atoms with E-state index in [1.54, 1.807) is 37.5 Å². The van der Waals surface area contributed by atoms with Crippen LogP contribution in [0.4, 0.5) is 8.78 Å². The summed E-state index contributed by atoms with van der Waals surface area (Å²) in [6.07, 6.45) is 5.05. The van der Waals surface area contributed by atoms with Crippen LogP contribution in [-0.2, 0) is 11.2 Å². The van der Waals surface area contributed by atoms with Crippen LogP contribution in [0.5, 0.6) is 0 Å². The summed E-state index contributed by atoms with van der Waals surface area (Å²) in [6.45, 7) is 1.64. The molecule has 0 saturated carbocycles. The lowest BCUT2D eigenvalue weighted by Crippen LogP contribution is -2.14. The Bertz CT molecular complexity index is 913. The first-order chi connectivity index (χ1) is 12.5. The second-order valence-corrected chi connectivity index (χ2v) is 6.21. The van der Waals surface area contributed by atoms with Gasteiger partial charge >= 0.3 is 0 Å². The lowest BCUT2D eigenvalue weighted by Gasteiger charge is -2.18. The number of pyridine rings is 2. The highest BCUT2D eigenvalue weighted by Gasteiger charge is 2.23. The van der Waals surface area contributed by atoms with E-state index in [9.17, 15) is 13.6 Å². The highest BCUT2D eigenvalue weighted by atomic mass is 19.1. The van der Waals surface area contributed by atoms with Crippen molar-refractivity contribution in [2.75, 3.05) is 0 Å². The van der Waals surface area contributed by atoms with Gasteiger partial charge in [0.2, 0.25) is 0 Å². The molecule has 3 aromatic rings. The SMILES string of the molecule is Cc1cc(C(CC(=O)Cc2cccnc2)c2ncccc2F)ccc1F. The molecule has 0 amide bonds. The molecule has 3 rings (SSSR count). The van der Waals surface area contributed by atoms with Gasteiger partial charge in [-0.05, 0) is 47.9 Å². The van der Waals surface area contributed by atoms with Crippen LogP contribution >= 0.6 is 0 Å². The van der Waals surface area contributed by atoms with E-state index in [0.29, 0.717) is 11.1 Å². The Balaban J connectivity index is 1.91. The summed E-state index contributed by atoms with van der Waals surface area (Å²) >= 11 is 0. The molecule has 0 radical (unpaired) electrons. The van der Waals surface area contributed by atoms with Crippen molar-refractivity contribution < 1.29 is 13.6 Å². The topological polar surface area (TPSA) is 42.9 Å². The van der Waals surface area contributed by atoms with Gasteiger partial charge in [0, 0.05) is 37.4 Å². The minimum Gasteiger partial charge on any atom is -0.299 e. The van der Waals surface area contributed by atoms with Crippen LogP contribution in [0.2, 0.25) is 0 Å². The van der Waals surface area contributed by atoms with Gasteiger partial charge in [0.25, 0.3) is 0 Å². The number of ketones is 1. The zero-order chi connectivity index (χ0) is 18.5.